The van der Waals surface area contributed by atoms with Crippen LogP contribution < -0.4 is 10.6 Å². The van der Waals surface area contributed by atoms with Crippen LogP contribution in [0.2, 0.25) is 0 Å². The monoisotopic (exact) mass is 368 g/mol. The largest absolute Gasteiger partial charge is 0.366 e. The van der Waals surface area contributed by atoms with Gasteiger partial charge in [-0.3, -0.25) is 4.79 Å². The quantitative estimate of drug-likeness (QED) is 0.698. The third-order valence-electron chi connectivity index (χ3n) is 3.85. The lowest BCUT2D eigenvalue weighted by atomic mass is 10.2. The van der Waals surface area contributed by atoms with E-state index in [1.807, 2.05) is 0 Å². The molecule has 2 aromatic carbocycles. The Bertz CT molecular complexity index is 945. The summed E-state index contributed by atoms with van der Waals surface area (Å²) in [4.78, 5) is 20.7. The molecule has 0 saturated carbocycles. The second kappa shape index (κ2) is 8.35. The van der Waals surface area contributed by atoms with Crippen molar-refractivity contribution in [2.75, 3.05) is 5.32 Å². The number of aromatic nitrogens is 2. The molecule has 0 atom stereocenters. The van der Waals surface area contributed by atoms with Gasteiger partial charge in [-0.1, -0.05) is 30.3 Å². The molecule has 1 aromatic heterocycles. The van der Waals surface area contributed by atoms with E-state index in [4.69, 9.17) is 0 Å². The van der Waals surface area contributed by atoms with Crippen molar-refractivity contribution in [2.45, 2.75) is 20.0 Å². The second-order valence-corrected chi connectivity index (χ2v) is 5.94. The number of nitrogens with zero attached hydrogens (tertiary/aromatic N) is 2. The minimum absolute atomic E-state index is 0.0624. The first kappa shape index (κ1) is 18.4. The fourth-order valence-electron chi connectivity index (χ4n) is 2.48. The van der Waals surface area contributed by atoms with E-state index in [0.717, 1.165) is 5.56 Å². The van der Waals surface area contributed by atoms with Gasteiger partial charge >= 0.3 is 0 Å². The summed E-state index contributed by atoms with van der Waals surface area (Å²) in [6.45, 7) is 2.16. The highest BCUT2D eigenvalue weighted by Crippen LogP contribution is 2.11. The van der Waals surface area contributed by atoms with Crippen molar-refractivity contribution in [2.24, 2.45) is 0 Å². The Morgan fingerprint density at radius 2 is 1.74 bits per heavy atom. The van der Waals surface area contributed by atoms with E-state index in [-0.39, 0.29) is 23.9 Å². The van der Waals surface area contributed by atoms with Crippen LogP contribution in [-0.2, 0) is 13.1 Å². The summed E-state index contributed by atoms with van der Waals surface area (Å²) in [5, 5.41) is 5.74. The Kier molecular flexibility index (Phi) is 5.71. The number of aryl methyl sites for hydroxylation is 1. The summed E-state index contributed by atoms with van der Waals surface area (Å²) in [5.41, 5.74) is 1.45. The van der Waals surface area contributed by atoms with Gasteiger partial charge in [0.15, 0.2) is 0 Å². The summed E-state index contributed by atoms with van der Waals surface area (Å²) in [6, 6.07) is 13.9. The zero-order valence-electron chi connectivity index (χ0n) is 14.7. The molecular formula is C20H18F2N4O. The van der Waals surface area contributed by atoms with Crippen LogP contribution in [0.15, 0.2) is 54.6 Å². The fourth-order valence-corrected chi connectivity index (χ4v) is 2.48. The molecule has 0 fully saturated rings. The van der Waals surface area contributed by atoms with Crippen LogP contribution in [0.1, 0.15) is 27.4 Å². The molecule has 0 aliphatic carbocycles. The van der Waals surface area contributed by atoms with Gasteiger partial charge < -0.3 is 10.6 Å². The van der Waals surface area contributed by atoms with E-state index in [1.54, 1.807) is 37.3 Å². The summed E-state index contributed by atoms with van der Waals surface area (Å²) in [5.74, 6) is -0.199. The first-order chi connectivity index (χ1) is 13.0. The highest BCUT2D eigenvalue weighted by Gasteiger charge is 2.11. The van der Waals surface area contributed by atoms with Crippen LogP contribution in [0.25, 0.3) is 0 Å². The number of carbonyl (C=O) groups excluding carboxylic acids is 1. The predicted octanol–water partition coefficient (Wildman–Crippen LogP) is 3.61. The average molecular weight is 368 g/mol. The third kappa shape index (κ3) is 5.07. The van der Waals surface area contributed by atoms with Gasteiger partial charge in [0.2, 0.25) is 0 Å². The molecule has 0 spiro atoms. The van der Waals surface area contributed by atoms with Gasteiger partial charge in [-0.2, -0.15) is 0 Å². The van der Waals surface area contributed by atoms with E-state index in [0.29, 0.717) is 23.8 Å². The summed E-state index contributed by atoms with van der Waals surface area (Å²) in [6.07, 6.45) is 0. The minimum Gasteiger partial charge on any atom is -0.366 e. The van der Waals surface area contributed by atoms with Crippen molar-refractivity contribution >= 4 is 11.7 Å². The Morgan fingerprint density at radius 3 is 2.48 bits per heavy atom. The molecule has 0 radical (unpaired) electrons. The molecule has 0 aliphatic rings. The summed E-state index contributed by atoms with van der Waals surface area (Å²) < 4.78 is 26.6. The van der Waals surface area contributed by atoms with Gasteiger partial charge in [-0.25, -0.2) is 18.7 Å². The molecule has 2 N–H and O–H groups in total. The molecule has 7 heteroatoms. The lowest BCUT2D eigenvalue weighted by molar-refractivity contribution is 0.0945. The molecule has 0 saturated heterocycles. The number of hydrogen-bond acceptors (Lipinski definition) is 4. The van der Waals surface area contributed by atoms with Gasteiger partial charge in [-0.15, -0.1) is 0 Å². The fraction of sp³-hybridized carbons (Fsp3) is 0.150. The molecule has 27 heavy (non-hydrogen) atoms. The number of benzene rings is 2. The zero-order valence-corrected chi connectivity index (χ0v) is 14.7. The van der Waals surface area contributed by atoms with Crippen LogP contribution in [0.4, 0.5) is 14.6 Å². The van der Waals surface area contributed by atoms with Gasteiger partial charge in [0.1, 0.15) is 29.0 Å². The van der Waals surface area contributed by atoms with Crippen LogP contribution in [-0.4, -0.2) is 15.9 Å². The number of nitrogens with one attached hydrogen (secondary N) is 2. The van der Waals surface area contributed by atoms with Crippen LogP contribution in [0, 0.1) is 18.6 Å². The van der Waals surface area contributed by atoms with Crippen molar-refractivity contribution < 1.29 is 13.6 Å². The van der Waals surface area contributed by atoms with Crippen LogP contribution >= 0.6 is 0 Å². The van der Waals surface area contributed by atoms with Crippen molar-refractivity contribution in [3.8, 4) is 0 Å². The smallest absolute Gasteiger partial charge is 0.270 e. The molecule has 138 valence electrons. The minimum atomic E-state index is -0.423. The topological polar surface area (TPSA) is 66.9 Å². The number of rotatable bonds is 6. The lowest BCUT2D eigenvalue weighted by Crippen LogP contribution is -2.25. The van der Waals surface area contributed by atoms with Gasteiger partial charge in [0.05, 0.1) is 0 Å². The number of anilines is 1. The molecule has 5 nitrogen and oxygen atoms in total. The van der Waals surface area contributed by atoms with Crippen molar-refractivity contribution in [1.29, 1.82) is 0 Å². The highest BCUT2D eigenvalue weighted by atomic mass is 19.1. The maximum atomic E-state index is 13.6. The molecule has 1 amide bonds. The van der Waals surface area contributed by atoms with Gasteiger partial charge in [0.25, 0.3) is 5.91 Å². The summed E-state index contributed by atoms with van der Waals surface area (Å²) >= 11 is 0. The maximum Gasteiger partial charge on any atom is 0.270 e. The van der Waals surface area contributed by atoms with E-state index in [1.165, 1.54) is 24.3 Å². The Labute approximate surface area is 155 Å². The first-order valence-corrected chi connectivity index (χ1v) is 8.37. The standard InChI is InChI=1S/C20H18F2N4O/c1-13-25-18(20(27)24-12-15-4-2-3-5-17(15)22)10-19(26-13)23-11-14-6-8-16(21)9-7-14/h2-10H,11-12H2,1H3,(H,24,27)(H,23,25,26). The Hall–Kier alpha value is -3.35. The Morgan fingerprint density at radius 1 is 1.00 bits per heavy atom. The van der Waals surface area contributed by atoms with Crippen LogP contribution in [0.5, 0.6) is 0 Å². The molecule has 0 unspecified atom stereocenters. The number of amides is 1. The SMILES string of the molecule is Cc1nc(NCc2ccc(F)cc2)cc(C(=O)NCc2ccccc2F)n1. The molecule has 3 aromatic rings. The van der Waals surface area contributed by atoms with Gasteiger partial charge in [0, 0.05) is 24.7 Å². The van der Waals surface area contributed by atoms with Crippen molar-refractivity contribution in [3.63, 3.8) is 0 Å². The zero-order chi connectivity index (χ0) is 19.2. The molecular weight excluding hydrogens is 350 g/mol. The van der Waals surface area contributed by atoms with Crippen molar-refractivity contribution in [3.05, 3.63) is 88.9 Å². The first-order valence-electron chi connectivity index (χ1n) is 8.37. The highest BCUT2D eigenvalue weighted by molar-refractivity contribution is 5.92. The predicted molar refractivity (Wildman–Crippen MR) is 98.1 cm³/mol. The Balaban J connectivity index is 1.66. The lowest BCUT2D eigenvalue weighted by Gasteiger charge is -2.10. The average Bonchev–Trinajstić information content (AvgIpc) is 2.66. The maximum absolute atomic E-state index is 13.6. The van der Waals surface area contributed by atoms with Gasteiger partial charge in [-0.05, 0) is 30.7 Å². The molecule has 0 aliphatic heterocycles. The third-order valence-corrected chi connectivity index (χ3v) is 3.85. The normalized spacial score (nSPS) is 10.5. The number of carbonyl (C=O) groups is 1. The molecule has 1 heterocycles. The number of hydrogen-bond donors (Lipinski definition) is 2. The second-order valence-electron chi connectivity index (χ2n) is 5.94. The molecule has 3 rings (SSSR count). The van der Waals surface area contributed by atoms with E-state index in [2.05, 4.69) is 20.6 Å². The number of halogens is 2. The van der Waals surface area contributed by atoms with E-state index in [9.17, 15) is 13.6 Å². The molecule has 0 bridgehead atoms. The van der Waals surface area contributed by atoms with E-state index >= 15 is 0 Å². The van der Waals surface area contributed by atoms with E-state index < -0.39 is 5.91 Å². The van der Waals surface area contributed by atoms with Crippen molar-refractivity contribution in [1.82, 2.24) is 15.3 Å². The summed E-state index contributed by atoms with van der Waals surface area (Å²) in [7, 11) is 0. The van der Waals surface area contributed by atoms with Crippen LogP contribution in [0.3, 0.4) is 0 Å².